The molecule has 2 rings (SSSR count). The lowest BCUT2D eigenvalue weighted by molar-refractivity contribution is -0.121. The molecule has 0 saturated carbocycles. The van der Waals surface area contributed by atoms with Crippen molar-refractivity contribution in [3.8, 4) is 0 Å². The monoisotopic (exact) mass is 307 g/mol. The van der Waals surface area contributed by atoms with Crippen LogP contribution >= 0.6 is 11.6 Å². The first-order valence-electron chi connectivity index (χ1n) is 6.84. The molecule has 1 N–H and O–H groups in total. The molecule has 21 heavy (non-hydrogen) atoms. The van der Waals surface area contributed by atoms with E-state index in [1.807, 2.05) is 19.9 Å². The fourth-order valence-electron chi connectivity index (χ4n) is 2.00. The molecule has 0 aliphatic heterocycles. The Morgan fingerprint density at radius 3 is 2.76 bits per heavy atom. The zero-order valence-electron chi connectivity index (χ0n) is 12.1. The standard InChI is InChI=1S/C15H18ClN3O2/c1-10(2)8-17-14(20)9-19-13(7-16)18-12-6-4-3-5-11(12)15(19)21/h3-6,10H,7-9H2,1-2H3,(H,17,20). The van der Waals surface area contributed by atoms with Crippen LogP contribution in [-0.2, 0) is 17.2 Å². The molecule has 0 saturated heterocycles. The summed E-state index contributed by atoms with van der Waals surface area (Å²) >= 11 is 5.86. The number of amides is 1. The summed E-state index contributed by atoms with van der Waals surface area (Å²) in [6.45, 7) is 4.53. The van der Waals surface area contributed by atoms with Gasteiger partial charge in [-0.15, -0.1) is 11.6 Å². The molecule has 0 aliphatic carbocycles. The molecule has 112 valence electrons. The summed E-state index contributed by atoms with van der Waals surface area (Å²) < 4.78 is 1.34. The molecule has 2 aromatic rings. The first-order chi connectivity index (χ1) is 10.0. The maximum absolute atomic E-state index is 12.5. The van der Waals surface area contributed by atoms with Crippen LogP contribution in [0.1, 0.15) is 19.7 Å². The number of rotatable bonds is 5. The van der Waals surface area contributed by atoms with Crippen LogP contribution in [0.15, 0.2) is 29.1 Å². The van der Waals surface area contributed by atoms with Gasteiger partial charge in [0.15, 0.2) is 0 Å². The van der Waals surface area contributed by atoms with Gasteiger partial charge in [0.25, 0.3) is 5.56 Å². The minimum absolute atomic E-state index is 0.0640. The van der Waals surface area contributed by atoms with E-state index in [1.165, 1.54) is 4.57 Å². The Labute approximate surface area is 127 Å². The number of halogens is 1. The van der Waals surface area contributed by atoms with E-state index >= 15 is 0 Å². The number of hydrogen-bond acceptors (Lipinski definition) is 3. The average Bonchev–Trinajstić information content (AvgIpc) is 2.47. The summed E-state index contributed by atoms with van der Waals surface area (Å²) in [5.74, 6) is 0.625. The Hall–Kier alpha value is -1.88. The molecule has 0 atom stereocenters. The Morgan fingerprint density at radius 1 is 1.38 bits per heavy atom. The zero-order chi connectivity index (χ0) is 15.4. The number of nitrogens with one attached hydrogen (secondary N) is 1. The largest absolute Gasteiger partial charge is 0.354 e. The number of carbonyl (C=O) groups excluding carboxylic acids is 1. The third kappa shape index (κ3) is 3.61. The van der Waals surface area contributed by atoms with Gasteiger partial charge < -0.3 is 5.32 Å². The smallest absolute Gasteiger partial charge is 0.261 e. The maximum atomic E-state index is 12.5. The molecule has 1 aromatic carbocycles. The van der Waals surface area contributed by atoms with Gasteiger partial charge in [0, 0.05) is 6.54 Å². The predicted molar refractivity (Wildman–Crippen MR) is 83.4 cm³/mol. The molecule has 0 unspecified atom stereocenters. The SMILES string of the molecule is CC(C)CNC(=O)Cn1c(CCl)nc2ccccc2c1=O. The van der Waals surface area contributed by atoms with E-state index in [0.717, 1.165) is 0 Å². The van der Waals surface area contributed by atoms with Crippen LogP contribution < -0.4 is 10.9 Å². The summed E-state index contributed by atoms with van der Waals surface area (Å²) in [7, 11) is 0. The third-order valence-corrected chi connectivity index (χ3v) is 3.31. The predicted octanol–water partition coefficient (Wildman–Crippen LogP) is 1.91. The van der Waals surface area contributed by atoms with Gasteiger partial charge in [0.2, 0.25) is 5.91 Å². The molecule has 0 spiro atoms. The van der Waals surface area contributed by atoms with Crippen LogP contribution in [0.4, 0.5) is 0 Å². The van der Waals surface area contributed by atoms with E-state index in [9.17, 15) is 9.59 Å². The normalized spacial score (nSPS) is 11.0. The molecule has 1 amide bonds. The second kappa shape index (κ2) is 6.72. The molecule has 0 radical (unpaired) electrons. The molecular weight excluding hydrogens is 290 g/mol. The summed E-state index contributed by atoms with van der Waals surface area (Å²) in [6.07, 6.45) is 0. The van der Waals surface area contributed by atoms with Gasteiger partial charge in [0.1, 0.15) is 12.4 Å². The van der Waals surface area contributed by atoms with Gasteiger partial charge in [-0.1, -0.05) is 26.0 Å². The minimum atomic E-state index is -0.240. The van der Waals surface area contributed by atoms with E-state index in [0.29, 0.717) is 29.2 Å². The summed E-state index contributed by atoms with van der Waals surface area (Å²) in [6, 6.07) is 7.04. The molecule has 0 bridgehead atoms. The Balaban J connectivity index is 2.36. The molecule has 1 heterocycles. The van der Waals surface area contributed by atoms with Crippen molar-refractivity contribution >= 4 is 28.4 Å². The highest BCUT2D eigenvalue weighted by Gasteiger charge is 2.13. The summed E-state index contributed by atoms with van der Waals surface area (Å²) in [5.41, 5.74) is 0.355. The van der Waals surface area contributed by atoms with E-state index in [4.69, 9.17) is 11.6 Å². The van der Waals surface area contributed by atoms with Gasteiger partial charge in [0.05, 0.1) is 16.8 Å². The fourth-order valence-corrected chi connectivity index (χ4v) is 2.20. The number of hydrogen-bond donors (Lipinski definition) is 1. The highest BCUT2D eigenvalue weighted by molar-refractivity contribution is 6.16. The van der Waals surface area contributed by atoms with Crippen molar-refractivity contribution in [2.45, 2.75) is 26.3 Å². The average molecular weight is 308 g/mol. The van der Waals surface area contributed by atoms with E-state index in [2.05, 4.69) is 10.3 Å². The van der Waals surface area contributed by atoms with Crippen molar-refractivity contribution in [2.24, 2.45) is 5.92 Å². The number of aromatic nitrogens is 2. The Bertz CT molecular complexity index is 710. The number of fused-ring (bicyclic) bond motifs is 1. The van der Waals surface area contributed by atoms with Crippen LogP contribution in [0, 0.1) is 5.92 Å². The first-order valence-corrected chi connectivity index (χ1v) is 7.37. The number of benzene rings is 1. The third-order valence-electron chi connectivity index (χ3n) is 3.07. The first kappa shape index (κ1) is 15.5. The molecule has 0 fully saturated rings. The van der Waals surface area contributed by atoms with Crippen molar-refractivity contribution in [3.63, 3.8) is 0 Å². The van der Waals surface area contributed by atoms with Gasteiger partial charge >= 0.3 is 0 Å². The molecule has 6 heteroatoms. The van der Waals surface area contributed by atoms with Crippen molar-refractivity contribution < 1.29 is 4.79 Å². The van der Waals surface area contributed by atoms with E-state index in [-0.39, 0.29) is 23.9 Å². The summed E-state index contributed by atoms with van der Waals surface area (Å²) in [5, 5.41) is 3.28. The lowest BCUT2D eigenvalue weighted by atomic mass is 10.2. The van der Waals surface area contributed by atoms with Gasteiger partial charge in [-0.3, -0.25) is 14.2 Å². The minimum Gasteiger partial charge on any atom is -0.354 e. The van der Waals surface area contributed by atoms with E-state index < -0.39 is 0 Å². The fraction of sp³-hybridized carbons (Fsp3) is 0.400. The van der Waals surface area contributed by atoms with Crippen LogP contribution in [0.3, 0.4) is 0 Å². The second-order valence-corrected chi connectivity index (χ2v) is 5.54. The van der Waals surface area contributed by atoms with Crippen LogP contribution in [0.5, 0.6) is 0 Å². The highest BCUT2D eigenvalue weighted by Crippen LogP contribution is 2.09. The molecular formula is C15H18ClN3O2. The Morgan fingerprint density at radius 2 is 2.10 bits per heavy atom. The Kier molecular flexibility index (Phi) is 4.96. The van der Waals surface area contributed by atoms with Gasteiger partial charge in [-0.05, 0) is 18.1 Å². The number of nitrogens with zero attached hydrogens (tertiary/aromatic N) is 2. The van der Waals surface area contributed by atoms with E-state index in [1.54, 1.807) is 18.2 Å². The van der Waals surface area contributed by atoms with Crippen molar-refractivity contribution in [3.05, 3.63) is 40.4 Å². The topological polar surface area (TPSA) is 64.0 Å². The highest BCUT2D eigenvalue weighted by atomic mass is 35.5. The quantitative estimate of drug-likeness (QED) is 0.858. The van der Waals surface area contributed by atoms with Gasteiger partial charge in [-0.25, -0.2) is 4.98 Å². The number of carbonyl (C=O) groups is 1. The number of alkyl halides is 1. The maximum Gasteiger partial charge on any atom is 0.261 e. The van der Waals surface area contributed by atoms with Crippen LogP contribution in [0.2, 0.25) is 0 Å². The molecule has 5 nitrogen and oxygen atoms in total. The summed E-state index contributed by atoms with van der Waals surface area (Å²) in [4.78, 5) is 28.8. The second-order valence-electron chi connectivity index (χ2n) is 5.27. The van der Waals surface area contributed by atoms with Crippen molar-refractivity contribution in [1.29, 1.82) is 0 Å². The lowest BCUT2D eigenvalue weighted by Gasteiger charge is -2.12. The van der Waals surface area contributed by atoms with Crippen LogP contribution in [-0.4, -0.2) is 22.0 Å². The van der Waals surface area contributed by atoms with Crippen molar-refractivity contribution in [2.75, 3.05) is 6.54 Å². The zero-order valence-corrected chi connectivity index (χ0v) is 12.9. The van der Waals surface area contributed by atoms with Crippen molar-refractivity contribution in [1.82, 2.24) is 14.9 Å². The molecule has 0 aliphatic rings. The van der Waals surface area contributed by atoms with Gasteiger partial charge in [-0.2, -0.15) is 0 Å². The molecule has 1 aromatic heterocycles. The number of para-hydroxylation sites is 1. The van der Waals surface area contributed by atoms with Crippen LogP contribution in [0.25, 0.3) is 10.9 Å². The lowest BCUT2D eigenvalue weighted by Crippen LogP contribution is -2.35.